The molecule has 1 aliphatic carbocycles. The number of alkyl halides is 3. The van der Waals surface area contributed by atoms with Gasteiger partial charge in [-0.1, -0.05) is 6.07 Å². The zero-order valence-electron chi connectivity index (χ0n) is 9.77. The molecule has 1 aliphatic rings. The number of hydrogen-bond acceptors (Lipinski definition) is 1. The highest BCUT2D eigenvalue weighted by Gasteiger charge is 2.41. The predicted molar refractivity (Wildman–Crippen MR) is 60.6 cm³/mol. The van der Waals surface area contributed by atoms with E-state index >= 15 is 0 Å². The Kier molecular flexibility index (Phi) is 2.94. The molecular weight excluding hydrogens is 227 g/mol. The second-order valence-electron chi connectivity index (χ2n) is 5.02. The van der Waals surface area contributed by atoms with Crippen molar-refractivity contribution < 1.29 is 13.2 Å². The Hall–Kier alpha value is -1.03. The van der Waals surface area contributed by atoms with E-state index in [9.17, 15) is 13.2 Å². The molecule has 0 saturated heterocycles. The van der Waals surface area contributed by atoms with Gasteiger partial charge in [-0.05, 0) is 61.4 Å². The van der Waals surface area contributed by atoms with E-state index < -0.39 is 11.7 Å². The summed E-state index contributed by atoms with van der Waals surface area (Å²) < 4.78 is 37.5. The molecule has 1 aromatic rings. The first-order chi connectivity index (χ1) is 7.86. The summed E-state index contributed by atoms with van der Waals surface area (Å²) in [5, 5.41) is 0. The van der Waals surface area contributed by atoms with Gasteiger partial charge in [0, 0.05) is 0 Å². The summed E-state index contributed by atoms with van der Waals surface area (Å²) in [6, 6.07) is 3.98. The molecule has 1 aromatic carbocycles. The molecule has 4 heteroatoms. The molecule has 94 valence electrons. The van der Waals surface area contributed by atoms with E-state index in [4.69, 9.17) is 5.73 Å². The van der Waals surface area contributed by atoms with Crippen LogP contribution >= 0.6 is 0 Å². The van der Waals surface area contributed by atoms with E-state index in [1.807, 2.05) is 0 Å². The van der Waals surface area contributed by atoms with E-state index in [0.717, 1.165) is 30.9 Å². The topological polar surface area (TPSA) is 26.0 Å². The number of rotatable bonds is 3. The fraction of sp³-hybridized carbons (Fsp3) is 0.538. The molecule has 2 N–H and O–H groups in total. The van der Waals surface area contributed by atoms with Crippen molar-refractivity contribution >= 4 is 0 Å². The average molecular weight is 243 g/mol. The molecule has 2 rings (SSSR count). The molecule has 0 radical (unpaired) electrons. The van der Waals surface area contributed by atoms with Crippen LogP contribution < -0.4 is 5.73 Å². The molecule has 17 heavy (non-hydrogen) atoms. The quantitative estimate of drug-likeness (QED) is 0.866. The van der Waals surface area contributed by atoms with Gasteiger partial charge >= 0.3 is 6.18 Å². The molecule has 0 heterocycles. The first-order valence-corrected chi connectivity index (χ1v) is 5.73. The van der Waals surface area contributed by atoms with Gasteiger partial charge in [0.25, 0.3) is 0 Å². The van der Waals surface area contributed by atoms with Crippen molar-refractivity contribution in [3.05, 3.63) is 34.9 Å². The van der Waals surface area contributed by atoms with Crippen LogP contribution in [-0.4, -0.2) is 6.54 Å². The molecule has 0 aliphatic heterocycles. The summed E-state index contributed by atoms with van der Waals surface area (Å²) in [6.45, 7) is 2.35. The monoisotopic (exact) mass is 243 g/mol. The molecule has 1 nitrogen and oxygen atoms in total. The number of benzene rings is 1. The molecular formula is C13H16F3N. The maximum Gasteiger partial charge on any atom is 0.416 e. The molecule has 0 spiro atoms. The summed E-state index contributed by atoms with van der Waals surface area (Å²) in [6.07, 6.45) is -1.28. The van der Waals surface area contributed by atoms with Crippen LogP contribution in [-0.2, 0) is 12.6 Å². The Morgan fingerprint density at radius 2 is 1.94 bits per heavy atom. The van der Waals surface area contributed by atoms with Gasteiger partial charge in [0.05, 0.1) is 5.56 Å². The van der Waals surface area contributed by atoms with Crippen LogP contribution in [0.25, 0.3) is 0 Å². The van der Waals surface area contributed by atoms with Crippen LogP contribution in [0.4, 0.5) is 13.2 Å². The first kappa shape index (κ1) is 12.4. The van der Waals surface area contributed by atoms with Crippen LogP contribution in [0.5, 0.6) is 0 Å². The Morgan fingerprint density at radius 1 is 1.29 bits per heavy atom. The van der Waals surface area contributed by atoms with E-state index in [2.05, 4.69) is 0 Å². The van der Waals surface area contributed by atoms with Crippen LogP contribution in [0.3, 0.4) is 0 Å². The van der Waals surface area contributed by atoms with Gasteiger partial charge in [0.2, 0.25) is 0 Å². The number of nitrogens with two attached hydrogens (primary N) is 1. The summed E-state index contributed by atoms with van der Waals surface area (Å²) in [4.78, 5) is 0. The average Bonchev–Trinajstić information content (AvgIpc) is 3.00. The first-order valence-electron chi connectivity index (χ1n) is 5.73. The van der Waals surface area contributed by atoms with Gasteiger partial charge in [-0.2, -0.15) is 13.2 Å². The van der Waals surface area contributed by atoms with E-state index in [1.165, 1.54) is 6.07 Å². The fourth-order valence-electron chi connectivity index (χ4n) is 2.10. The zero-order chi connectivity index (χ0) is 12.7. The van der Waals surface area contributed by atoms with Gasteiger partial charge in [-0.25, -0.2) is 0 Å². The van der Waals surface area contributed by atoms with Gasteiger partial charge in [0.15, 0.2) is 0 Å². The normalized spacial score (nSPS) is 18.2. The summed E-state index contributed by atoms with van der Waals surface area (Å²) in [5.41, 5.74) is 6.97. The van der Waals surface area contributed by atoms with E-state index in [0.29, 0.717) is 12.1 Å². The standard InChI is InChI=1S/C13H16F3N/c1-9-6-11(13(14,15)16)3-2-10(9)7-12(8-17)4-5-12/h2-3,6H,4-5,7-8,17H2,1H3. The molecule has 0 atom stereocenters. The van der Waals surface area contributed by atoms with Crippen molar-refractivity contribution in [1.82, 2.24) is 0 Å². The summed E-state index contributed by atoms with van der Waals surface area (Å²) >= 11 is 0. The lowest BCUT2D eigenvalue weighted by molar-refractivity contribution is -0.137. The number of aryl methyl sites for hydroxylation is 1. The van der Waals surface area contributed by atoms with Gasteiger partial charge in [-0.3, -0.25) is 0 Å². The molecule has 0 unspecified atom stereocenters. The largest absolute Gasteiger partial charge is 0.416 e. The molecule has 1 saturated carbocycles. The highest BCUT2D eigenvalue weighted by atomic mass is 19.4. The lowest BCUT2D eigenvalue weighted by atomic mass is 9.92. The highest BCUT2D eigenvalue weighted by molar-refractivity contribution is 5.34. The Labute approximate surface area is 98.8 Å². The maximum atomic E-state index is 12.5. The van der Waals surface area contributed by atoms with Crippen LogP contribution in [0, 0.1) is 12.3 Å². The smallest absolute Gasteiger partial charge is 0.330 e. The molecule has 0 aromatic heterocycles. The third-order valence-electron chi connectivity index (χ3n) is 3.63. The minimum absolute atomic E-state index is 0.157. The summed E-state index contributed by atoms with van der Waals surface area (Å²) in [7, 11) is 0. The van der Waals surface area contributed by atoms with Crippen LogP contribution in [0.15, 0.2) is 18.2 Å². The van der Waals surface area contributed by atoms with Crippen molar-refractivity contribution in [1.29, 1.82) is 0 Å². The van der Waals surface area contributed by atoms with Gasteiger partial charge in [-0.15, -0.1) is 0 Å². The Morgan fingerprint density at radius 3 is 2.35 bits per heavy atom. The van der Waals surface area contributed by atoms with Crippen LogP contribution in [0.2, 0.25) is 0 Å². The van der Waals surface area contributed by atoms with E-state index in [1.54, 1.807) is 13.0 Å². The predicted octanol–water partition coefficient (Wildman–Crippen LogP) is 3.30. The third-order valence-corrected chi connectivity index (χ3v) is 3.63. The molecule has 0 amide bonds. The third kappa shape index (κ3) is 2.63. The van der Waals surface area contributed by atoms with Crippen molar-refractivity contribution in [2.75, 3.05) is 6.54 Å². The lowest BCUT2D eigenvalue weighted by Gasteiger charge is -2.15. The van der Waals surface area contributed by atoms with Crippen molar-refractivity contribution in [3.8, 4) is 0 Å². The van der Waals surface area contributed by atoms with Gasteiger partial charge in [0.1, 0.15) is 0 Å². The lowest BCUT2D eigenvalue weighted by Crippen LogP contribution is -2.18. The Bertz CT molecular complexity index is 419. The van der Waals surface area contributed by atoms with Crippen molar-refractivity contribution in [2.45, 2.75) is 32.4 Å². The van der Waals surface area contributed by atoms with Crippen molar-refractivity contribution in [2.24, 2.45) is 11.1 Å². The second kappa shape index (κ2) is 4.02. The highest BCUT2D eigenvalue weighted by Crippen LogP contribution is 2.47. The van der Waals surface area contributed by atoms with E-state index in [-0.39, 0.29) is 5.41 Å². The molecule has 1 fully saturated rings. The Balaban J connectivity index is 2.20. The zero-order valence-corrected chi connectivity index (χ0v) is 9.77. The SMILES string of the molecule is Cc1cc(C(F)(F)F)ccc1CC1(CN)CC1. The second-order valence-corrected chi connectivity index (χ2v) is 5.02. The minimum Gasteiger partial charge on any atom is -0.330 e. The van der Waals surface area contributed by atoms with Crippen LogP contribution in [0.1, 0.15) is 29.5 Å². The molecule has 0 bridgehead atoms. The summed E-state index contributed by atoms with van der Waals surface area (Å²) in [5.74, 6) is 0. The number of hydrogen-bond donors (Lipinski definition) is 1. The maximum absolute atomic E-state index is 12.5. The van der Waals surface area contributed by atoms with Crippen molar-refractivity contribution in [3.63, 3.8) is 0 Å². The fourth-order valence-corrected chi connectivity index (χ4v) is 2.10. The van der Waals surface area contributed by atoms with Gasteiger partial charge < -0.3 is 5.73 Å². The minimum atomic E-state index is -4.26. The number of halogens is 3.